The zero-order chi connectivity index (χ0) is 19.0. The summed E-state index contributed by atoms with van der Waals surface area (Å²) in [5, 5.41) is 10.8. The van der Waals surface area contributed by atoms with E-state index in [0.29, 0.717) is 0 Å². The first kappa shape index (κ1) is 17.4. The number of hydrogen-bond acceptors (Lipinski definition) is 5. The lowest BCUT2D eigenvalue weighted by molar-refractivity contribution is -0.131. The molecule has 1 N–H and O–H groups in total. The largest absolute Gasteiger partial charge is 0.390 e. The maximum atomic E-state index is 12.3. The van der Waals surface area contributed by atoms with Gasteiger partial charge in [-0.05, 0) is 36.1 Å². The zero-order valence-electron chi connectivity index (χ0n) is 14.6. The number of halogens is 3. The van der Waals surface area contributed by atoms with Gasteiger partial charge in [-0.25, -0.2) is 14.6 Å². The van der Waals surface area contributed by atoms with Crippen LogP contribution in [0.4, 0.5) is 19.1 Å². The minimum absolute atomic E-state index is 0.227. The van der Waals surface area contributed by atoms with E-state index in [-0.39, 0.29) is 12.5 Å². The second kappa shape index (κ2) is 6.64. The Morgan fingerprint density at radius 1 is 1.26 bits per heavy atom. The third-order valence-corrected chi connectivity index (χ3v) is 4.50. The van der Waals surface area contributed by atoms with Crippen LogP contribution in [0, 0.1) is 0 Å². The van der Waals surface area contributed by atoms with Gasteiger partial charge in [0.1, 0.15) is 5.52 Å². The standard InChI is InChI=1S/C18H17F3N6/c1-27-16-9-11(5-6-15(16)25-26-27)12-3-2-4-14-13(12)10-23-17(24-14)22-8-7-18(19,20)21/h3,5-6,9-10H,2,4,7-8H2,1H3,(H,22,23,24). The Morgan fingerprint density at radius 3 is 2.93 bits per heavy atom. The molecule has 0 fully saturated rings. The van der Waals surface area contributed by atoms with E-state index in [2.05, 4.69) is 31.7 Å². The Morgan fingerprint density at radius 2 is 2.11 bits per heavy atom. The average Bonchev–Trinajstić information content (AvgIpc) is 3.00. The van der Waals surface area contributed by atoms with Gasteiger partial charge in [0.15, 0.2) is 0 Å². The summed E-state index contributed by atoms with van der Waals surface area (Å²) < 4.78 is 38.6. The van der Waals surface area contributed by atoms with Gasteiger partial charge in [0, 0.05) is 25.4 Å². The van der Waals surface area contributed by atoms with E-state index in [1.54, 1.807) is 10.9 Å². The van der Waals surface area contributed by atoms with Gasteiger partial charge in [-0.1, -0.05) is 17.4 Å². The summed E-state index contributed by atoms with van der Waals surface area (Å²) >= 11 is 0. The fourth-order valence-electron chi connectivity index (χ4n) is 3.17. The highest BCUT2D eigenvalue weighted by molar-refractivity contribution is 5.87. The molecule has 1 aromatic carbocycles. The molecular weight excluding hydrogens is 357 g/mol. The summed E-state index contributed by atoms with van der Waals surface area (Å²) in [4.78, 5) is 8.62. The minimum atomic E-state index is -4.20. The quantitative estimate of drug-likeness (QED) is 0.757. The number of rotatable bonds is 4. The van der Waals surface area contributed by atoms with Gasteiger partial charge in [0.2, 0.25) is 5.95 Å². The number of anilines is 1. The Labute approximate surface area is 153 Å². The van der Waals surface area contributed by atoms with Gasteiger partial charge in [-0.3, -0.25) is 0 Å². The van der Waals surface area contributed by atoms with E-state index in [1.807, 2.05) is 25.2 Å². The van der Waals surface area contributed by atoms with E-state index in [9.17, 15) is 13.2 Å². The fraction of sp³-hybridized carbons (Fsp3) is 0.333. The van der Waals surface area contributed by atoms with E-state index >= 15 is 0 Å². The summed E-state index contributed by atoms with van der Waals surface area (Å²) in [5.74, 6) is 0.227. The number of benzene rings is 1. The molecule has 4 rings (SSSR count). The molecule has 9 heteroatoms. The maximum Gasteiger partial charge on any atom is 0.390 e. The van der Waals surface area contributed by atoms with Crippen molar-refractivity contribution in [3.8, 4) is 0 Å². The van der Waals surface area contributed by atoms with Crippen molar-refractivity contribution in [3.63, 3.8) is 0 Å². The molecule has 2 heterocycles. The first-order valence-electron chi connectivity index (χ1n) is 8.57. The third kappa shape index (κ3) is 3.62. The van der Waals surface area contributed by atoms with Crippen LogP contribution < -0.4 is 5.32 Å². The lowest BCUT2D eigenvalue weighted by Gasteiger charge is -2.18. The van der Waals surface area contributed by atoms with E-state index in [0.717, 1.165) is 46.3 Å². The van der Waals surface area contributed by atoms with Gasteiger partial charge in [-0.2, -0.15) is 13.2 Å². The Balaban J connectivity index is 1.60. The molecule has 0 atom stereocenters. The van der Waals surface area contributed by atoms with Crippen LogP contribution in [-0.4, -0.2) is 37.7 Å². The summed E-state index contributed by atoms with van der Waals surface area (Å²) in [6, 6.07) is 5.92. The number of nitrogens with one attached hydrogen (secondary N) is 1. The van der Waals surface area contributed by atoms with Crippen LogP contribution in [0.15, 0.2) is 30.5 Å². The van der Waals surface area contributed by atoms with Crippen LogP contribution in [0.2, 0.25) is 0 Å². The van der Waals surface area contributed by atoms with Gasteiger partial charge in [0.25, 0.3) is 0 Å². The molecule has 0 aliphatic heterocycles. The summed E-state index contributed by atoms with van der Waals surface area (Å²) in [6.45, 7) is -0.241. The normalized spacial score (nSPS) is 14.1. The van der Waals surface area contributed by atoms with E-state index in [4.69, 9.17) is 0 Å². The monoisotopic (exact) mass is 374 g/mol. The molecule has 1 aliphatic rings. The molecule has 0 unspecified atom stereocenters. The third-order valence-electron chi connectivity index (χ3n) is 4.50. The van der Waals surface area contributed by atoms with Crippen LogP contribution in [0.1, 0.15) is 29.7 Å². The molecule has 0 radical (unpaired) electrons. The zero-order valence-corrected chi connectivity index (χ0v) is 14.6. The molecule has 0 bridgehead atoms. The molecule has 2 aromatic heterocycles. The topological polar surface area (TPSA) is 68.5 Å². The van der Waals surface area contributed by atoms with Crippen molar-refractivity contribution in [2.24, 2.45) is 7.05 Å². The van der Waals surface area contributed by atoms with Crippen molar-refractivity contribution >= 4 is 22.6 Å². The summed E-state index contributed by atoms with van der Waals surface area (Å²) in [7, 11) is 1.84. The SMILES string of the molecule is Cn1nnc2ccc(C3=CCCc4nc(NCCC(F)(F)F)ncc43)cc21. The molecule has 1 aliphatic carbocycles. The summed E-state index contributed by atoms with van der Waals surface area (Å²) in [5.41, 5.74) is 5.50. The second-order valence-electron chi connectivity index (χ2n) is 6.42. The van der Waals surface area contributed by atoms with Crippen molar-refractivity contribution in [2.45, 2.75) is 25.4 Å². The summed E-state index contributed by atoms with van der Waals surface area (Å²) in [6.07, 6.45) is 0.226. The molecular formula is C18H17F3N6. The van der Waals surface area contributed by atoms with Gasteiger partial charge in [-0.15, -0.1) is 5.10 Å². The van der Waals surface area contributed by atoms with Crippen LogP contribution >= 0.6 is 0 Å². The van der Waals surface area contributed by atoms with Crippen molar-refractivity contribution in [3.05, 3.63) is 47.3 Å². The van der Waals surface area contributed by atoms with Crippen LogP contribution in [0.25, 0.3) is 16.6 Å². The maximum absolute atomic E-state index is 12.3. The Kier molecular flexibility index (Phi) is 4.29. The van der Waals surface area contributed by atoms with Crippen molar-refractivity contribution in [1.82, 2.24) is 25.0 Å². The van der Waals surface area contributed by atoms with Gasteiger partial charge >= 0.3 is 6.18 Å². The highest BCUT2D eigenvalue weighted by Crippen LogP contribution is 2.32. The van der Waals surface area contributed by atoms with Crippen LogP contribution in [-0.2, 0) is 13.5 Å². The first-order chi connectivity index (χ1) is 12.9. The lowest BCUT2D eigenvalue weighted by atomic mass is 9.91. The highest BCUT2D eigenvalue weighted by Gasteiger charge is 2.26. The minimum Gasteiger partial charge on any atom is -0.354 e. The molecule has 140 valence electrons. The van der Waals surface area contributed by atoms with Crippen LogP contribution in [0.3, 0.4) is 0 Å². The van der Waals surface area contributed by atoms with Crippen molar-refractivity contribution in [2.75, 3.05) is 11.9 Å². The van der Waals surface area contributed by atoms with Crippen LogP contribution in [0.5, 0.6) is 0 Å². The number of nitrogens with zero attached hydrogens (tertiary/aromatic N) is 5. The number of alkyl halides is 3. The molecule has 0 saturated carbocycles. The predicted molar refractivity (Wildman–Crippen MR) is 95.1 cm³/mol. The van der Waals surface area contributed by atoms with E-state index < -0.39 is 12.6 Å². The molecule has 0 saturated heterocycles. The van der Waals surface area contributed by atoms with Crippen molar-refractivity contribution in [1.29, 1.82) is 0 Å². The fourth-order valence-corrected chi connectivity index (χ4v) is 3.17. The number of aryl methyl sites for hydroxylation is 2. The van der Waals surface area contributed by atoms with Gasteiger partial charge < -0.3 is 5.32 Å². The Hall–Kier alpha value is -2.97. The Bertz CT molecular complexity index is 1020. The average molecular weight is 374 g/mol. The number of fused-ring (bicyclic) bond motifs is 2. The molecule has 6 nitrogen and oxygen atoms in total. The highest BCUT2D eigenvalue weighted by atomic mass is 19.4. The number of hydrogen-bond donors (Lipinski definition) is 1. The number of allylic oxidation sites excluding steroid dienone is 1. The smallest absolute Gasteiger partial charge is 0.354 e. The second-order valence-corrected chi connectivity index (χ2v) is 6.42. The van der Waals surface area contributed by atoms with E-state index in [1.165, 1.54) is 0 Å². The molecule has 3 aromatic rings. The first-order valence-corrected chi connectivity index (χ1v) is 8.57. The predicted octanol–water partition coefficient (Wildman–Crippen LogP) is 3.50. The molecule has 0 amide bonds. The van der Waals surface area contributed by atoms with Crippen molar-refractivity contribution < 1.29 is 13.2 Å². The molecule has 0 spiro atoms. The lowest BCUT2D eigenvalue weighted by Crippen LogP contribution is -2.16. The van der Waals surface area contributed by atoms with Gasteiger partial charge in [0.05, 0.1) is 17.6 Å². The number of aromatic nitrogens is 5. The molecule has 27 heavy (non-hydrogen) atoms.